The van der Waals surface area contributed by atoms with Gasteiger partial charge in [-0.05, 0) is 0 Å². The molecule has 0 saturated carbocycles. The quantitative estimate of drug-likeness (QED) is 0.816. The van der Waals surface area contributed by atoms with Gasteiger partial charge < -0.3 is 10.4 Å². The Morgan fingerprint density at radius 3 is 2.65 bits per heavy atom. The number of amides is 1. The van der Waals surface area contributed by atoms with E-state index in [1.807, 2.05) is 0 Å². The smallest absolute Gasteiger partial charge is 0.339 e. The molecule has 0 bridgehead atoms. The topological polar surface area (TPSA) is 92.2 Å². The Hall–Kier alpha value is -2.12. The van der Waals surface area contributed by atoms with E-state index in [-0.39, 0.29) is 18.3 Å². The molecule has 0 aliphatic rings. The van der Waals surface area contributed by atoms with Crippen molar-refractivity contribution in [3.05, 3.63) is 23.3 Å². The summed E-state index contributed by atoms with van der Waals surface area (Å²) in [5.41, 5.74) is -1.50. The Morgan fingerprint density at radius 2 is 2.18 bits per heavy atom. The number of halogens is 2. The van der Waals surface area contributed by atoms with E-state index in [1.165, 1.54) is 6.92 Å². The van der Waals surface area contributed by atoms with Crippen LogP contribution in [0.1, 0.15) is 35.2 Å². The lowest BCUT2D eigenvalue weighted by atomic mass is 10.2. The summed E-state index contributed by atoms with van der Waals surface area (Å²) in [4.78, 5) is 28.2. The number of hydrogen-bond acceptors (Lipinski definition) is 4. The molecule has 0 spiro atoms. The average molecular weight is 245 g/mol. The van der Waals surface area contributed by atoms with Crippen molar-refractivity contribution in [2.75, 3.05) is 0 Å². The second kappa shape index (κ2) is 5.28. The Morgan fingerprint density at radius 1 is 1.53 bits per heavy atom. The Kier molecular flexibility index (Phi) is 4.02. The maximum atomic E-state index is 12.5. The van der Waals surface area contributed by atoms with Crippen molar-refractivity contribution in [1.29, 1.82) is 0 Å². The first kappa shape index (κ1) is 12.9. The van der Waals surface area contributed by atoms with E-state index in [0.29, 0.717) is 0 Å². The first-order valence-corrected chi connectivity index (χ1v) is 4.53. The third-order valence-electron chi connectivity index (χ3n) is 1.80. The van der Waals surface area contributed by atoms with Gasteiger partial charge in [-0.3, -0.25) is 4.79 Å². The summed E-state index contributed by atoms with van der Waals surface area (Å²) < 4.78 is 25.1. The molecule has 1 heterocycles. The third-order valence-corrected chi connectivity index (χ3v) is 1.80. The molecule has 2 N–H and O–H groups in total. The molecular formula is C9H9F2N3O3. The van der Waals surface area contributed by atoms with E-state index in [2.05, 4.69) is 15.3 Å². The average Bonchev–Trinajstić information content (AvgIpc) is 2.25. The molecule has 0 unspecified atom stereocenters. The number of nitrogens with zero attached hydrogens (tertiary/aromatic N) is 2. The molecule has 0 saturated heterocycles. The van der Waals surface area contributed by atoms with Crippen LogP contribution in [0.25, 0.3) is 0 Å². The summed E-state index contributed by atoms with van der Waals surface area (Å²) in [6, 6.07) is 0. The van der Waals surface area contributed by atoms with Crippen LogP contribution in [0.3, 0.4) is 0 Å². The molecule has 1 aromatic heterocycles. The normalized spacial score (nSPS) is 10.4. The van der Waals surface area contributed by atoms with Gasteiger partial charge in [-0.15, -0.1) is 0 Å². The standard InChI is InChI=1S/C9H9F2N3O3/c1-4(15)12-3-6-13-2-5(9(16)17)7(14-6)8(10)11/h2,8H,3H2,1H3,(H,12,15)(H,16,17). The molecule has 92 valence electrons. The minimum absolute atomic E-state index is 0.0690. The van der Waals surface area contributed by atoms with Crippen molar-refractivity contribution in [2.24, 2.45) is 0 Å². The van der Waals surface area contributed by atoms with Gasteiger partial charge in [0.05, 0.1) is 6.54 Å². The first-order valence-electron chi connectivity index (χ1n) is 4.53. The highest BCUT2D eigenvalue weighted by molar-refractivity contribution is 5.88. The van der Waals surface area contributed by atoms with Crippen LogP contribution in [0.15, 0.2) is 6.20 Å². The van der Waals surface area contributed by atoms with Crippen molar-refractivity contribution < 1.29 is 23.5 Å². The van der Waals surface area contributed by atoms with Crippen LogP contribution in [0, 0.1) is 0 Å². The minimum Gasteiger partial charge on any atom is -0.478 e. The van der Waals surface area contributed by atoms with Gasteiger partial charge in [-0.2, -0.15) is 0 Å². The van der Waals surface area contributed by atoms with Crippen molar-refractivity contribution in [1.82, 2.24) is 15.3 Å². The monoisotopic (exact) mass is 245 g/mol. The molecule has 8 heteroatoms. The zero-order chi connectivity index (χ0) is 13.0. The second-order valence-corrected chi connectivity index (χ2v) is 3.10. The molecular weight excluding hydrogens is 236 g/mol. The lowest BCUT2D eigenvalue weighted by Gasteiger charge is -2.06. The van der Waals surface area contributed by atoms with E-state index >= 15 is 0 Å². The lowest BCUT2D eigenvalue weighted by Crippen LogP contribution is -2.21. The molecule has 0 aliphatic heterocycles. The van der Waals surface area contributed by atoms with Crippen LogP contribution in [-0.4, -0.2) is 27.0 Å². The van der Waals surface area contributed by atoms with E-state index in [1.54, 1.807) is 0 Å². The van der Waals surface area contributed by atoms with E-state index < -0.39 is 23.7 Å². The third kappa shape index (κ3) is 3.44. The predicted octanol–water partition coefficient (Wildman–Crippen LogP) is 0.748. The van der Waals surface area contributed by atoms with Gasteiger partial charge in [0.15, 0.2) is 0 Å². The zero-order valence-electron chi connectivity index (χ0n) is 8.78. The van der Waals surface area contributed by atoms with Gasteiger partial charge >= 0.3 is 5.97 Å². The maximum absolute atomic E-state index is 12.5. The summed E-state index contributed by atoms with van der Waals surface area (Å²) in [5.74, 6) is -1.96. The molecule has 6 nitrogen and oxygen atoms in total. The van der Waals surface area contributed by atoms with Gasteiger partial charge in [-0.1, -0.05) is 0 Å². The number of hydrogen-bond donors (Lipinski definition) is 2. The maximum Gasteiger partial charge on any atom is 0.339 e. The van der Waals surface area contributed by atoms with Crippen LogP contribution in [-0.2, 0) is 11.3 Å². The number of carbonyl (C=O) groups excluding carboxylic acids is 1. The molecule has 1 aromatic rings. The fraction of sp³-hybridized carbons (Fsp3) is 0.333. The molecule has 17 heavy (non-hydrogen) atoms. The molecule has 0 fully saturated rings. The Balaban J connectivity index is 3.01. The Bertz CT molecular complexity index is 451. The number of aromatic carboxylic acids is 1. The van der Waals surface area contributed by atoms with Crippen molar-refractivity contribution in [3.8, 4) is 0 Å². The van der Waals surface area contributed by atoms with Gasteiger partial charge in [0.25, 0.3) is 6.43 Å². The predicted molar refractivity (Wildman–Crippen MR) is 51.5 cm³/mol. The highest BCUT2D eigenvalue weighted by Crippen LogP contribution is 2.20. The first-order chi connectivity index (χ1) is 7.91. The fourth-order valence-electron chi connectivity index (χ4n) is 1.05. The summed E-state index contributed by atoms with van der Waals surface area (Å²) >= 11 is 0. The molecule has 1 rings (SSSR count). The van der Waals surface area contributed by atoms with Crippen LogP contribution < -0.4 is 5.32 Å². The van der Waals surface area contributed by atoms with E-state index in [9.17, 15) is 18.4 Å². The summed E-state index contributed by atoms with van der Waals surface area (Å²) in [7, 11) is 0. The lowest BCUT2D eigenvalue weighted by molar-refractivity contribution is -0.119. The number of nitrogens with one attached hydrogen (secondary N) is 1. The largest absolute Gasteiger partial charge is 0.478 e. The number of rotatable bonds is 4. The highest BCUT2D eigenvalue weighted by Gasteiger charge is 2.21. The van der Waals surface area contributed by atoms with Crippen molar-refractivity contribution >= 4 is 11.9 Å². The van der Waals surface area contributed by atoms with Crippen LogP contribution in [0.5, 0.6) is 0 Å². The number of alkyl halides is 2. The Labute approximate surface area is 94.7 Å². The molecule has 1 amide bonds. The molecule has 0 aliphatic carbocycles. The second-order valence-electron chi connectivity index (χ2n) is 3.10. The van der Waals surface area contributed by atoms with Crippen molar-refractivity contribution in [2.45, 2.75) is 19.9 Å². The molecule has 0 atom stereocenters. The number of carboxylic acid groups (broad SMARTS) is 1. The van der Waals surface area contributed by atoms with Gasteiger partial charge in [-0.25, -0.2) is 23.5 Å². The fourth-order valence-corrected chi connectivity index (χ4v) is 1.05. The van der Waals surface area contributed by atoms with Gasteiger partial charge in [0.2, 0.25) is 5.91 Å². The highest BCUT2D eigenvalue weighted by atomic mass is 19.3. The number of aromatic nitrogens is 2. The van der Waals surface area contributed by atoms with Crippen LogP contribution in [0.2, 0.25) is 0 Å². The van der Waals surface area contributed by atoms with Gasteiger partial charge in [0.1, 0.15) is 17.1 Å². The number of carboxylic acids is 1. The summed E-state index contributed by atoms with van der Waals surface area (Å²) in [5, 5.41) is 11.0. The minimum atomic E-state index is -3.01. The molecule has 0 aromatic carbocycles. The summed E-state index contributed by atoms with van der Waals surface area (Å²) in [6.07, 6.45) is -2.21. The summed E-state index contributed by atoms with van der Waals surface area (Å²) in [6.45, 7) is 1.12. The number of carbonyl (C=O) groups is 2. The van der Waals surface area contributed by atoms with E-state index in [0.717, 1.165) is 6.20 Å². The van der Waals surface area contributed by atoms with Gasteiger partial charge in [0, 0.05) is 13.1 Å². The van der Waals surface area contributed by atoms with E-state index in [4.69, 9.17) is 5.11 Å². The van der Waals surface area contributed by atoms with Crippen LogP contribution >= 0.6 is 0 Å². The van der Waals surface area contributed by atoms with Crippen LogP contribution in [0.4, 0.5) is 8.78 Å². The SMILES string of the molecule is CC(=O)NCc1ncc(C(=O)O)c(C(F)F)n1. The zero-order valence-corrected chi connectivity index (χ0v) is 8.78. The molecule has 0 radical (unpaired) electrons. The van der Waals surface area contributed by atoms with Crippen molar-refractivity contribution in [3.63, 3.8) is 0 Å².